The topological polar surface area (TPSA) is 20.3 Å². The molecule has 1 aliphatic rings. The summed E-state index contributed by atoms with van der Waals surface area (Å²) in [6.45, 7) is 5.01. The van der Waals surface area contributed by atoms with Crippen LogP contribution in [-0.4, -0.2) is 17.4 Å². The first-order valence-corrected chi connectivity index (χ1v) is 6.94. The van der Waals surface area contributed by atoms with Gasteiger partial charge in [-0.3, -0.25) is 4.79 Å². The van der Waals surface area contributed by atoms with Crippen molar-refractivity contribution in [3.63, 3.8) is 0 Å². The van der Waals surface area contributed by atoms with Crippen molar-refractivity contribution in [3.05, 3.63) is 60.2 Å². The van der Waals surface area contributed by atoms with Gasteiger partial charge in [-0.15, -0.1) is 6.58 Å². The quantitative estimate of drug-likeness (QED) is 0.735. The summed E-state index contributed by atoms with van der Waals surface area (Å²) in [5, 5.41) is 0. The van der Waals surface area contributed by atoms with Crippen LogP contribution < -0.4 is 0 Å². The molecule has 0 atom stereocenters. The molecule has 0 aliphatic heterocycles. The van der Waals surface area contributed by atoms with Crippen LogP contribution in [0.25, 0.3) is 0 Å². The van der Waals surface area contributed by atoms with Gasteiger partial charge in [-0.25, -0.2) is 0 Å². The minimum atomic E-state index is 0.170. The summed E-state index contributed by atoms with van der Waals surface area (Å²) < 4.78 is 0. The van der Waals surface area contributed by atoms with Gasteiger partial charge in [-0.2, -0.15) is 0 Å². The summed E-state index contributed by atoms with van der Waals surface area (Å²) in [5.41, 5.74) is 2.14. The molecule has 0 fully saturated rings. The zero-order chi connectivity index (χ0) is 13.5. The maximum atomic E-state index is 12.5. The molecule has 1 aromatic carbocycles. The summed E-state index contributed by atoms with van der Waals surface area (Å²) in [4.78, 5) is 14.4. The molecule has 0 spiro atoms. The Hall–Kier alpha value is -1.83. The van der Waals surface area contributed by atoms with Crippen LogP contribution in [0.15, 0.2) is 54.6 Å². The highest BCUT2D eigenvalue weighted by Gasteiger charge is 2.18. The fourth-order valence-corrected chi connectivity index (χ4v) is 2.41. The lowest BCUT2D eigenvalue weighted by Crippen LogP contribution is -2.32. The first kappa shape index (κ1) is 13.6. The molecule has 2 heteroatoms. The third kappa shape index (κ3) is 3.82. The van der Waals surface area contributed by atoms with Gasteiger partial charge in [0.1, 0.15) is 0 Å². The number of rotatable bonds is 5. The van der Waals surface area contributed by atoms with E-state index in [1.165, 1.54) is 6.42 Å². The number of nitrogens with zero attached hydrogens (tertiary/aromatic N) is 1. The molecule has 2 rings (SSSR count). The van der Waals surface area contributed by atoms with Crippen LogP contribution in [0.5, 0.6) is 0 Å². The van der Waals surface area contributed by atoms with Crippen LogP contribution in [0, 0.1) is 0 Å². The minimum Gasteiger partial charge on any atom is -0.331 e. The molecule has 0 heterocycles. The van der Waals surface area contributed by atoms with Crippen molar-refractivity contribution in [1.82, 2.24) is 4.90 Å². The second-order valence-electron chi connectivity index (χ2n) is 4.94. The average molecular weight is 255 g/mol. The Morgan fingerprint density at radius 2 is 2.05 bits per heavy atom. The molecule has 1 aliphatic carbocycles. The van der Waals surface area contributed by atoms with Gasteiger partial charge in [0.2, 0.25) is 5.91 Å². The molecule has 0 N–H and O–H groups in total. The first-order chi connectivity index (χ1) is 9.31. The Bertz CT molecular complexity index is 461. The van der Waals surface area contributed by atoms with Gasteiger partial charge in [0.25, 0.3) is 0 Å². The van der Waals surface area contributed by atoms with Crippen molar-refractivity contribution in [2.75, 3.05) is 6.54 Å². The monoisotopic (exact) mass is 255 g/mol. The predicted octanol–water partition coefficient (Wildman–Crippen LogP) is 3.70. The van der Waals surface area contributed by atoms with Gasteiger partial charge in [-0.05, 0) is 31.2 Å². The zero-order valence-corrected chi connectivity index (χ0v) is 11.3. The third-order valence-corrected chi connectivity index (χ3v) is 3.42. The number of amides is 1. The maximum Gasteiger partial charge on any atom is 0.250 e. The molecule has 0 unspecified atom stereocenters. The Morgan fingerprint density at radius 1 is 1.26 bits per heavy atom. The standard InChI is InChI=1S/C17H21NO/c1-2-13-18(14-15-9-5-3-6-10-15)17(19)16-11-7-4-8-12-16/h2-3,5-6,9-11H,1,4,7-8,12-14H2. The molecule has 1 aromatic rings. The van der Waals surface area contributed by atoms with E-state index in [0.29, 0.717) is 13.1 Å². The minimum absolute atomic E-state index is 0.170. The Kier molecular flexibility index (Phi) is 4.96. The number of hydrogen-bond donors (Lipinski definition) is 0. The summed E-state index contributed by atoms with van der Waals surface area (Å²) in [6.07, 6.45) is 8.19. The van der Waals surface area contributed by atoms with Gasteiger partial charge in [-0.1, -0.05) is 42.5 Å². The van der Waals surface area contributed by atoms with E-state index in [2.05, 4.69) is 24.8 Å². The van der Waals surface area contributed by atoms with Crippen LogP contribution in [0.3, 0.4) is 0 Å². The molecule has 0 radical (unpaired) electrons. The van der Waals surface area contributed by atoms with E-state index in [4.69, 9.17) is 0 Å². The van der Waals surface area contributed by atoms with Crippen LogP contribution in [0.1, 0.15) is 31.2 Å². The lowest BCUT2D eigenvalue weighted by atomic mass is 9.98. The van der Waals surface area contributed by atoms with Gasteiger partial charge in [0.15, 0.2) is 0 Å². The van der Waals surface area contributed by atoms with E-state index < -0.39 is 0 Å². The number of hydrogen-bond acceptors (Lipinski definition) is 1. The van der Waals surface area contributed by atoms with Crippen molar-refractivity contribution < 1.29 is 4.79 Å². The number of carbonyl (C=O) groups is 1. The summed E-state index contributed by atoms with van der Waals surface area (Å²) in [5.74, 6) is 0.170. The average Bonchev–Trinajstić information content (AvgIpc) is 2.48. The molecular weight excluding hydrogens is 234 g/mol. The van der Waals surface area contributed by atoms with Crippen molar-refractivity contribution >= 4 is 5.91 Å². The van der Waals surface area contributed by atoms with Gasteiger partial charge >= 0.3 is 0 Å². The van der Waals surface area contributed by atoms with Crippen molar-refractivity contribution in [3.8, 4) is 0 Å². The molecule has 1 amide bonds. The number of benzene rings is 1. The van der Waals surface area contributed by atoms with Crippen molar-refractivity contribution in [2.45, 2.75) is 32.2 Å². The van der Waals surface area contributed by atoms with E-state index in [0.717, 1.165) is 30.4 Å². The highest BCUT2D eigenvalue weighted by molar-refractivity contribution is 5.93. The largest absolute Gasteiger partial charge is 0.331 e. The van der Waals surface area contributed by atoms with Crippen LogP contribution in [0.4, 0.5) is 0 Å². The molecule has 0 saturated carbocycles. The van der Waals surface area contributed by atoms with Crippen LogP contribution in [0.2, 0.25) is 0 Å². The molecular formula is C17H21NO. The second kappa shape index (κ2) is 6.93. The van der Waals surface area contributed by atoms with Crippen LogP contribution >= 0.6 is 0 Å². The van der Waals surface area contributed by atoms with E-state index in [9.17, 15) is 4.79 Å². The fourth-order valence-electron chi connectivity index (χ4n) is 2.41. The molecule has 19 heavy (non-hydrogen) atoms. The predicted molar refractivity (Wildman–Crippen MR) is 78.6 cm³/mol. The third-order valence-electron chi connectivity index (χ3n) is 3.42. The Balaban J connectivity index is 2.08. The molecule has 100 valence electrons. The number of allylic oxidation sites excluding steroid dienone is 1. The molecule has 0 aromatic heterocycles. The van der Waals surface area contributed by atoms with E-state index in [-0.39, 0.29) is 5.91 Å². The van der Waals surface area contributed by atoms with Crippen molar-refractivity contribution in [2.24, 2.45) is 0 Å². The summed E-state index contributed by atoms with van der Waals surface area (Å²) in [7, 11) is 0. The lowest BCUT2D eigenvalue weighted by Gasteiger charge is -2.24. The normalized spacial score (nSPS) is 14.6. The fraction of sp³-hybridized carbons (Fsp3) is 0.353. The van der Waals surface area contributed by atoms with E-state index >= 15 is 0 Å². The van der Waals surface area contributed by atoms with Crippen molar-refractivity contribution in [1.29, 1.82) is 0 Å². The molecule has 0 saturated heterocycles. The number of carbonyl (C=O) groups excluding carboxylic acids is 1. The van der Waals surface area contributed by atoms with E-state index in [1.54, 1.807) is 6.08 Å². The highest BCUT2D eigenvalue weighted by Crippen LogP contribution is 2.20. The SMILES string of the molecule is C=CCN(Cc1ccccc1)C(=O)C1=CCCCC1. The molecule has 2 nitrogen and oxygen atoms in total. The Labute approximate surface area is 115 Å². The summed E-state index contributed by atoms with van der Waals surface area (Å²) >= 11 is 0. The highest BCUT2D eigenvalue weighted by atomic mass is 16.2. The van der Waals surface area contributed by atoms with E-state index in [1.807, 2.05) is 23.1 Å². The van der Waals surface area contributed by atoms with Gasteiger partial charge in [0, 0.05) is 18.7 Å². The van der Waals surface area contributed by atoms with Crippen LogP contribution in [-0.2, 0) is 11.3 Å². The maximum absolute atomic E-state index is 12.5. The lowest BCUT2D eigenvalue weighted by molar-refractivity contribution is -0.127. The first-order valence-electron chi connectivity index (χ1n) is 6.94. The Morgan fingerprint density at radius 3 is 2.68 bits per heavy atom. The second-order valence-corrected chi connectivity index (χ2v) is 4.94. The molecule has 0 bridgehead atoms. The summed E-state index contributed by atoms with van der Waals surface area (Å²) in [6, 6.07) is 10.1. The van der Waals surface area contributed by atoms with Gasteiger partial charge < -0.3 is 4.90 Å². The van der Waals surface area contributed by atoms with Gasteiger partial charge in [0.05, 0.1) is 0 Å². The smallest absolute Gasteiger partial charge is 0.250 e. The zero-order valence-electron chi connectivity index (χ0n) is 11.3.